The normalized spacial score (nSPS) is 18.5. The molecule has 7 rings (SSSR count). The molecular weight excluding hydrogens is 1030 g/mol. The van der Waals surface area contributed by atoms with Gasteiger partial charge in [-0.05, 0) is 54.2 Å². The van der Waals surface area contributed by atoms with Gasteiger partial charge in [-0.1, -0.05) is 87.2 Å². The van der Waals surface area contributed by atoms with Crippen molar-refractivity contribution < 1.29 is 52.8 Å². The van der Waals surface area contributed by atoms with Crippen LogP contribution in [0, 0.1) is 24.2 Å². The number of hydrogen-bond acceptors (Lipinski definition) is 15. The van der Waals surface area contributed by atoms with Gasteiger partial charge in [0.25, 0.3) is 5.91 Å². The number of piperazine rings is 1. The molecule has 1 aromatic heterocycles. The van der Waals surface area contributed by atoms with Crippen LogP contribution in [0.1, 0.15) is 69.0 Å². The first kappa shape index (κ1) is 59.9. The highest BCUT2D eigenvalue weighted by Crippen LogP contribution is 2.32. The summed E-state index contributed by atoms with van der Waals surface area (Å²) in [6, 6.07) is 19.2. The zero-order valence-corrected chi connectivity index (χ0v) is 46.9. The summed E-state index contributed by atoms with van der Waals surface area (Å²) >= 11 is 1.57. The van der Waals surface area contributed by atoms with Crippen LogP contribution in [0.3, 0.4) is 0 Å². The van der Waals surface area contributed by atoms with E-state index in [4.69, 9.17) is 18.9 Å². The standard InChI is InChI=1S/C58H75N9O11S/c1-39(43-12-8-7-9-13-43)61-54(71)55(72)62-46-37-78-49-19-16-41(33-47(49)64(6)56(46)73)11-10-21-65-22-24-66(25-23-65)26-28-76-30-32-77-31-29-75-27-20-50(69)63-52(58(3,4)5)57(74)67-36-45(68)34-48(67)53(70)59-35-42-14-17-44(18-15-42)51-40(2)60-38-79-51/h7-9,12-19,33,38-39,45-46,48,52,68H,20-32,34-37H2,1-6H3,(H,59,70)(H,61,71)(H,62,72)(H,63,69)/t39-,45-,46+,48+,52-/m1/s1. The number of nitrogens with one attached hydrogen (secondary N) is 4. The van der Waals surface area contributed by atoms with Gasteiger partial charge in [-0.3, -0.25) is 38.6 Å². The highest BCUT2D eigenvalue weighted by atomic mass is 32.1. The lowest BCUT2D eigenvalue weighted by atomic mass is 9.85. The summed E-state index contributed by atoms with van der Waals surface area (Å²) in [5.41, 5.74) is 6.11. The van der Waals surface area contributed by atoms with E-state index in [1.165, 1.54) is 9.80 Å². The molecule has 3 aliphatic rings. The van der Waals surface area contributed by atoms with E-state index in [9.17, 15) is 33.9 Å². The van der Waals surface area contributed by atoms with Crippen LogP contribution in [0.15, 0.2) is 78.3 Å². The number of aliphatic hydroxyl groups excluding tert-OH is 1. The quantitative estimate of drug-likeness (QED) is 0.0433. The topological polar surface area (TPSA) is 234 Å². The van der Waals surface area contributed by atoms with Gasteiger partial charge in [-0.2, -0.15) is 0 Å². The zero-order valence-electron chi connectivity index (χ0n) is 46.1. The molecule has 5 atom stereocenters. The fourth-order valence-electron chi connectivity index (χ4n) is 9.33. The molecule has 424 valence electrons. The number of carbonyl (C=O) groups excluding carboxylic acids is 6. The van der Waals surface area contributed by atoms with E-state index in [2.05, 4.69) is 47.9 Å². The van der Waals surface area contributed by atoms with E-state index in [0.29, 0.717) is 50.0 Å². The molecule has 0 radical (unpaired) electrons. The summed E-state index contributed by atoms with van der Waals surface area (Å²) in [6.07, 6.45) is -0.739. The number of carbonyl (C=O) groups is 6. The molecular formula is C58H75N9O11S. The van der Waals surface area contributed by atoms with Crippen LogP contribution >= 0.6 is 11.3 Å². The molecule has 6 amide bonds. The first-order valence-electron chi connectivity index (χ1n) is 26.9. The summed E-state index contributed by atoms with van der Waals surface area (Å²) in [5.74, 6) is 3.60. The second-order valence-corrected chi connectivity index (χ2v) is 21.8. The number of likely N-dealkylation sites (tertiary alicyclic amines) is 1. The van der Waals surface area contributed by atoms with E-state index in [-0.39, 0.29) is 57.6 Å². The second-order valence-electron chi connectivity index (χ2n) is 21.0. The van der Waals surface area contributed by atoms with E-state index < -0.39 is 59.3 Å². The maximum Gasteiger partial charge on any atom is 0.310 e. The lowest BCUT2D eigenvalue weighted by molar-refractivity contribution is -0.144. The Morgan fingerprint density at radius 2 is 1.56 bits per heavy atom. The summed E-state index contributed by atoms with van der Waals surface area (Å²) in [5, 5.41) is 21.6. The number of fused-ring (bicyclic) bond motifs is 1. The third-order valence-electron chi connectivity index (χ3n) is 14.0. The van der Waals surface area contributed by atoms with E-state index in [1.807, 2.05) is 93.9 Å². The number of rotatable bonds is 22. The van der Waals surface area contributed by atoms with E-state index in [1.54, 1.807) is 37.4 Å². The fourth-order valence-corrected chi connectivity index (χ4v) is 10.1. The van der Waals surface area contributed by atoms with Gasteiger partial charge in [-0.15, -0.1) is 11.3 Å². The van der Waals surface area contributed by atoms with Gasteiger partial charge in [0.05, 0.1) is 80.1 Å². The molecule has 20 nitrogen and oxygen atoms in total. The number of aryl methyl sites for hydroxylation is 1. The number of anilines is 1. The van der Waals surface area contributed by atoms with E-state index in [0.717, 1.165) is 60.0 Å². The Labute approximate surface area is 466 Å². The fraction of sp³-hybridized carbons (Fsp3) is 0.500. The maximum absolute atomic E-state index is 14.0. The number of aromatic nitrogens is 1. The van der Waals surface area contributed by atoms with Crippen LogP contribution in [-0.4, -0.2) is 184 Å². The number of nitrogens with zero attached hydrogens (tertiary/aromatic N) is 5. The van der Waals surface area contributed by atoms with Gasteiger partial charge in [0.15, 0.2) is 0 Å². The van der Waals surface area contributed by atoms with Crippen molar-refractivity contribution in [2.24, 2.45) is 5.41 Å². The largest absolute Gasteiger partial charge is 0.489 e. The third kappa shape index (κ3) is 17.4. The number of thiazole rings is 1. The number of benzene rings is 3. The Kier molecular flexibility index (Phi) is 21.9. The third-order valence-corrected chi connectivity index (χ3v) is 15.0. The summed E-state index contributed by atoms with van der Waals surface area (Å²) < 4.78 is 23.0. The molecule has 0 spiro atoms. The average Bonchev–Trinajstić information content (AvgIpc) is 4.06. The number of β-amino-alcohol motifs (C(OH)–C–C–N with tert-alkyl or cyclic N) is 1. The Morgan fingerprint density at radius 1 is 0.873 bits per heavy atom. The molecule has 3 aromatic carbocycles. The minimum Gasteiger partial charge on any atom is -0.489 e. The Morgan fingerprint density at radius 3 is 2.24 bits per heavy atom. The Hall–Kier alpha value is -6.77. The van der Waals surface area contributed by atoms with Gasteiger partial charge in [0.1, 0.15) is 30.5 Å². The Bertz CT molecular complexity index is 2770. The van der Waals surface area contributed by atoms with Gasteiger partial charge in [0.2, 0.25) is 17.7 Å². The number of aliphatic hydroxyl groups is 1. The summed E-state index contributed by atoms with van der Waals surface area (Å²) in [7, 11) is 1.60. The van der Waals surface area contributed by atoms with Gasteiger partial charge in [0, 0.05) is 71.3 Å². The highest BCUT2D eigenvalue weighted by Gasteiger charge is 2.44. The maximum atomic E-state index is 14.0. The van der Waals surface area contributed by atoms with Gasteiger partial charge < -0.3 is 55.1 Å². The van der Waals surface area contributed by atoms with Crippen LogP contribution in [0.2, 0.25) is 0 Å². The second kappa shape index (κ2) is 28.9. The Balaban J connectivity index is 0.717. The number of amides is 6. The van der Waals surface area contributed by atoms with Crippen molar-refractivity contribution in [2.45, 2.75) is 84.3 Å². The minimum atomic E-state index is -1.06. The SMILES string of the molecule is Cc1ncsc1-c1ccc(CNC(=O)[C@@H]2C[C@@H](O)CN2C(=O)[C@@H](NC(=O)CCOCCOCCOCCN2CCN(CC#Cc3ccc4c(c3)N(C)C(=O)[C@@H](NC(=O)C(=O)N[C@H](C)c3ccccc3)CO4)CC2)C(C)(C)C)cc1. The first-order chi connectivity index (χ1) is 37.9. The molecule has 2 saturated heterocycles. The van der Waals surface area contributed by atoms with Crippen molar-refractivity contribution in [3.05, 3.63) is 101 Å². The predicted octanol–water partition coefficient (Wildman–Crippen LogP) is 3.05. The lowest BCUT2D eigenvalue weighted by Crippen LogP contribution is -2.57. The van der Waals surface area contributed by atoms with Crippen LogP contribution in [0.4, 0.5) is 5.69 Å². The van der Waals surface area contributed by atoms with Gasteiger partial charge in [-0.25, -0.2) is 4.98 Å². The van der Waals surface area contributed by atoms with Crippen LogP contribution in [0.25, 0.3) is 10.4 Å². The summed E-state index contributed by atoms with van der Waals surface area (Å²) in [6.45, 7) is 16.4. The van der Waals surface area contributed by atoms with Crippen LogP contribution < -0.4 is 30.9 Å². The molecule has 21 heteroatoms. The average molecular weight is 1110 g/mol. The molecule has 4 aromatic rings. The molecule has 2 fully saturated rings. The highest BCUT2D eigenvalue weighted by molar-refractivity contribution is 7.13. The van der Waals surface area contributed by atoms with Crippen molar-refractivity contribution >= 4 is 52.5 Å². The van der Waals surface area contributed by atoms with Crippen molar-refractivity contribution in [1.82, 2.24) is 41.0 Å². The monoisotopic (exact) mass is 1110 g/mol. The van der Waals surface area contributed by atoms with Crippen molar-refractivity contribution in [3.63, 3.8) is 0 Å². The van der Waals surface area contributed by atoms with Crippen molar-refractivity contribution in [2.75, 3.05) is 104 Å². The molecule has 0 aliphatic carbocycles. The number of likely N-dealkylation sites (N-methyl/N-ethyl adjacent to an activating group) is 1. The lowest BCUT2D eigenvalue weighted by Gasteiger charge is -2.35. The van der Waals surface area contributed by atoms with Crippen LogP contribution in [-0.2, 0) is 49.5 Å². The molecule has 0 bridgehead atoms. The first-order valence-corrected chi connectivity index (χ1v) is 27.8. The molecule has 3 aliphatic heterocycles. The predicted molar refractivity (Wildman–Crippen MR) is 299 cm³/mol. The smallest absolute Gasteiger partial charge is 0.310 e. The molecule has 5 N–H and O–H groups in total. The van der Waals surface area contributed by atoms with Crippen molar-refractivity contribution in [1.29, 1.82) is 0 Å². The number of ether oxygens (including phenoxy) is 4. The minimum absolute atomic E-state index is 0.00885. The van der Waals surface area contributed by atoms with Gasteiger partial charge >= 0.3 is 11.8 Å². The number of hydrogen-bond donors (Lipinski definition) is 5. The molecule has 0 saturated carbocycles. The molecule has 0 unspecified atom stereocenters. The zero-order chi connectivity index (χ0) is 56.5. The molecule has 4 heterocycles. The summed E-state index contributed by atoms with van der Waals surface area (Å²) in [4.78, 5) is 92.2. The van der Waals surface area contributed by atoms with Crippen LogP contribution in [0.5, 0.6) is 5.75 Å². The van der Waals surface area contributed by atoms with E-state index >= 15 is 0 Å². The van der Waals surface area contributed by atoms with Crippen molar-refractivity contribution in [3.8, 4) is 28.0 Å². The molecule has 79 heavy (non-hydrogen) atoms.